The number of hydrogen-bond donors (Lipinski definition) is 1. The summed E-state index contributed by atoms with van der Waals surface area (Å²) in [6, 6.07) is 0.383. The van der Waals surface area contributed by atoms with Gasteiger partial charge >= 0.3 is 5.97 Å². The second-order valence-electron chi connectivity index (χ2n) is 3.73. The Balaban J connectivity index is 2.44. The Bertz CT molecular complexity index is 394. The maximum absolute atomic E-state index is 11.4. The van der Waals surface area contributed by atoms with Crippen molar-refractivity contribution in [1.82, 2.24) is 9.78 Å². The van der Waals surface area contributed by atoms with E-state index < -0.39 is 5.97 Å². The molecular weight excluding hydrogens is 194 g/mol. The molecule has 1 aliphatic carbocycles. The largest absolute Gasteiger partial charge is 0.464 e. The van der Waals surface area contributed by atoms with E-state index in [2.05, 4.69) is 9.84 Å². The zero-order valence-electron chi connectivity index (χ0n) is 8.99. The Hall–Kier alpha value is -1.52. The van der Waals surface area contributed by atoms with Crippen LogP contribution in [0.1, 0.15) is 41.9 Å². The van der Waals surface area contributed by atoms with Crippen molar-refractivity contribution in [2.45, 2.75) is 32.2 Å². The number of methoxy groups -OCH3 is 1. The van der Waals surface area contributed by atoms with Crippen LogP contribution in [0.4, 0.5) is 5.82 Å². The van der Waals surface area contributed by atoms with Crippen LogP contribution in [-0.4, -0.2) is 22.9 Å². The van der Waals surface area contributed by atoms with E-state index in [1.165, 1.54) is 7.11 Å². The van der Waals surface area contributed by atoms with E-state index >= 15 is 0 Å². The number of aromatic nitrogens is 2. The summed E-state index contributed by atoms with van der Waals surface area (Å²) < 4.78 is 6.43. The van der Waals surface area contributed by atoms with E-state index in [9.17, 15) is 4.79 Å². The summed E-state index contributed by atoms with van der Waals surface area (Å²) in [6.45, 7) is 1.96. The monoisotopic (exact) mass is 209 g/mol. The molecule has 82 valence electrons. The second-order valence-corrected chi connectivity index (χ2v) is 3.73. The van der Waals surface area contributed by atoms with Crippen molar-refractivity contribution in [2.75, 3.05) is 12.8 Å². The predicted octanol–water partition coefficient (Wildman–Crippen LogP) is 1.15. The SMILES string of the molecule is CCc1c(C(=O)OC)nn(C2CC2)c1N. The molecular formula is C10H15N3O2. The summed E-state index contributed by atoms with van der Waals surface area (Å²) in [7, 11) is 1.36. The molecule has 0 atom stereocenters. The van der Waals surface area contributed by atoms with E-state index in [1.807, 2.05) is 6.92 Å². The van der Waals surface area contributed by atoms with Crippen LogP contribution >= 0.6 is 0 Å². The van der Waals surface area contributed by atoms with Gasteiger partial charge in [0.1, 0.15) is 5.82 Å². The van der Waals surface area contributed by atoms with Gasteiger partial charge in [0.2, 0.25) is 0 Å². The summed E-state index contributed by atoms with van der Waals surface area (Å²) in [5, 5.41) is 4.23. The van der Waals surface area contributed by atoms with Gasteiger partial charge in [-0.2, -0.15) is 5.10 Å². The molecule has 5 nitrogen and oxygen atoms in total. The van der Waals surface area contributed by atoms with E-state index in [0.29, 0.717) is 24.0 Å². The molecule has 1 aromatic heterocycles. The predicted molar refractivity (Wildman–Crippen MR) is 55.6 cm³/mol. The Kier molecular flexibility index (Phi) is 2.38. The fourth-order valence-corrected chi connectivity index (χ4v) is 1.69. The third kappa shape index (κ3) is 1.58. The Morgan fingerprint density at radius 2 is 2.33 bits per heavy atom. The van der Waals surface area contributed by atoms with Crippen molar-refractivity contribution >= 4 is 11.8 Å². The third-order valence-corrected chi connectivity index (χ3v) is 2.67. The molecule has 0 radical (unpaired) electrons. The number of anilines is 1. The molecule has 0 bridgehead atoms. The van der Waals surface area contributed by atoms with Gasteiger partial charge in [-0.15, -0.1) is 0 Å². The van der Waals surface area contributed by atoms with Crippen LogP contribution in [0.2, 0.25) is 0 Å². The molecule has 0 saturated heterocycles. The molecule has 2 N–H and O–H groups in total. The minimum atomic E-state index is -0.405. The molecule has 1 fully saturated rings. The highest BCUT2D eigenvalue weighted by molar-refractivity contribution is 5.90. The number of ether oxygens (including phenoxy) is 1. The smallest absolute Gasteiger partial charge is 0.358 e. The highest BCUT2D eigenvalue weighted by atomic mass is 16.5. The number of nitrogens with zero attached hydrogens (tertiary/aromatic N) is 2. The van der Waals surface area contributed by atoms with Gasteiger partial charge in [-0.05, 0) is 19.3 Å². The Labute approximate surface area is 88.2 Å². The molecule has 5 heteroatoms. The van der Waals surface area contributed by atoms with Crippen LogP contribution in [0, 0.1) is 0 Å². The number of nitrogen functional groups attached to an aromatic ring is 1. The summed E-state index contributed by atoms with van der Waals surface area (Å²) >= 11 is 0. The van der Waals surface area contributed by atoms with Crippen molar-refractivity contribution in [3.05, 3.63) is 11.3 Å². The highest BCUT2D eigenvalue weighted by Crippen LogP contribution is 2.37. The van der Waals surface area contributed by atoms with Crippen molar-refractivity contribution < 1.29 is 9.53 Å². The van der Waals surface area contributed by atoms with Gasteiger partial charge < -0.3 is 10.5 Å². The molecule has 2 rings (SSSR count). The zero-order valence-corrected chi connectivity index (χ0v) is 8.99. The normalized spacial score (nSPS) is 15.3. The first kappa shape index (κ1) is 10.0. The van der Waals surface area contributed by atoms with E-state index in [4.69, 9.17) is 5.73 Å². The molecule has 0 aromatic carbocycles. The number of esters is 1. The molecule has 1 aromatic rings. The van der Waals surface area contributed by atoms with Gasteiger partial charge in [0.15, 0.2) is 5.69 Å². The molecule has 1 saturated carbocycles. The first-order valence-corrected chi connectivity index (χ1v) is 5.14. The minimum absolute atomic E-state index is 0.365. The van der Waals surface area contributed by atoms with Crippen molar-refractivity contribution in [1.29, 1.82) is 0 Å². The lowest BCUT2D eigenvalue weighted by atomic mass is 10.2. The Morgan fingerprint density at radius 1 is 1.67 bits per heavy atom. The molecule has 0 amide bonds. The summed E-state index contributed by atoms with van der Waals surface area (Å²) in [5.74, 6) is 0.207. The van der Waals surface area contributed by atoms with Crippen LogP contribution in [0.3, 0.4) is 0 Å². The number of carbonyl (C=O) groups is 1. The fraction of sp³-hybridized carbons (Fsp3) is 0.600. The average Bonchev–Trinajstić information content (AvgIpc) is 3.02. The van der Waals surface area contributed by atoms with Crippen LogP contribution < -0.4 is 5.73 Å². The Morgan fingerprint density at radius 3 is 2.80 bits per heavy atom. The van der Waals surface area contributed by atoms with Gasteiger partial charge in [0, 0.05) is 5.56 Å². The number of carbonyl (C=O) groups excluding carboxylic acids is 1. The molecule has 1 aliphatic rings. The van der Waals surface area contributed by atoms with Crippen molar-refractivity contribution in [3.8, 4) is 0 Å². The van der Waals surface area contributed by atoms with Gasteiger partial charge in [0.25, 0.3) is 0 Å². The molecule has 1 heterocycles. The summed E-state index contributed by atoms with van der Waals surface area (Å²) in [4.78, 5) is 11.4. The quantitative estimate of drug-likeness (QED) is 0.758. The lowest BCUT2D eigenvalue weighted by Gasteiger charge is -2.00. The van der Waals surface area contributed by atoms with Gasteiger partial charge in [-0.25, -0.2) is 9.48 Å². The first-order chi connectivity index (χ1) is 7.19. The number of rotatable bonds is 3. The second kappa shape index (κ2) is 3.56. The molecule has 0 aliphatic heterocycles. The lowest BCUT2D eigenvalue weighted by molar-refractivity contribution is 0.0592. The van der Waals surface area contributed by atoms with E-state index in [-0.39, 0.29) is 0 Å². The standard InChI is InChI=1S/C10H15N3O2/c1-3-7-8(10(14)15-2)12-13(9(7)11)6-4-5-6/h6H,3-5,11H2,1-2H3. The third-order valence-electron chi connectivity index (χ3n) is 2.67. The van der Waals surface area contributed by atoms with Crippen LogP contribution in [0.15, 0.2) is 0 Å². The van der Waals surface area contributed by atoms with Gasteiger partial charge in [-0.3, -0.25) is 0 Å². The number of nitrogens with two attached hydrogens (primary N) is 1. The van der Waals surface area contributed by atoms with Crippen molar-refractivity contribution in [2.24, 2.45) is 0 Å². The van der Waals surface area contributed by atoms with Crippen molar-refractivity contribution in [3.63, 3.8) is 0 Å². The maximum atomic E-state index is 11.4. The molecule has 15 heavy (non-hydrogen) atoms. The first-order valence-electron chi connectivity index (χ1n) is 5.14. The minimum Gasteiger partial charge on any atom is -0.464 e. The van der Waals surface area contributed by atoms with Crippen LogP contribution in [-0.2, 0) is 11.2 Å². The van der Waals surface area contributed by atoms with E-state index in [0.717, 1.165) is 18.4 Å². The fourth-order valence-electron chi connectivity index (χ4n) is 1.69. The number of hydrogen-bond acceptors (Lipinski definition) is 4. The molecule has 0 spiro atoms. The lowest BCUT2D eigenvalue weighted by Crippen LogP contribution is -2.06. The molecule has 0 unspecified atom stereocenters. The highest BCUT2D eigenvalue weighted by Gasteiger charge is 2.30. The van der Waals surface area contributed by atoms with Gasteiger partial charge in [0.05, 0.1) is 13.2 Å². The maximum Gasteiger partial charge on any atom is 0.358 e. The zero-order chi connectivity index (χ0) is 11.0. The van der Waals surface area contributed by atoms with Crippen LogP contribution in [0.5, 0.6) is 0 Å². The van der Waals surface area contributed by atoms with E-state index in [1.54, 1.807) is 4.68 Å². The average molecular weight is 209 g/mol. The summed E-state index contributed by atoms with van der Waals surface area (Å²) in [5.41, 5.74) is 7.11. The topological polar surface area (TPSA) is 70.1 Å². The van der Waals surface area contributed by atoms with Crippen LogP contribution in [0.25, 0.3) is 0 Å². The summed E-state index contributed by atoms with van der Waals surface area (Å²) in [6.07, 6.45) is 2.88. The van der Waals surface area contributed by atoms with Gasteiger partial charge in [-0.1, -0.05) is 6.92 Å².